The third-order valence-electron chi connectivity index (χ3n) is 0.287. The SMILES string of the molecule is CCOC(N)=O.CN. The van der Waals surface area contributed by atoms with Gasteiger partial charge in [-0.05, 0) is 14.0 Å². The van der Waals surface area contributed by atoms with Crippen molar-refractivity contribution in [3.8, 4) is 0 Å². The highest BCUT2D eigenvalue weighted by molar-refractivity contribution is 5.64. The molecule has 1 amide bonds. The van der Waals surface area contributed by atoms with Gasteiger partial charge in [-0.3, -0.25) is 0 Å². The average Bonchev–Trinajstić information content (AvgIpc) is 1.72. The first-order valence-electron chi connectivity index (χ1n) is 2.27. The Morgan fingerprint density at radius 1 is 1.62 bits per heavy atom. The number of hydrogen-bond donors (Lipinski definition) is 2. The highest BCUT2D eigenvalue weighted by Crippen LogP contribution is 1.66. The first kappa shape index (κ1) is 10.3. The third kappa shape index (κ3) is 18.8. The molecule has 0 heterocycles. The minimum absolute atomic E-state index is 0.356. The maximum atomic E-state index is 9.60. The van der Waals surface area contributed by atoms with Crippen molar-refractivity contribution in [3.05, 3.63) is 0 Å². The maximum Gasteiger partial charge on any atom is 0.404 e. The lowest BCUT2D eigenvalue weighted by atomic mass is 10.9. The van der Waals surface area contributed by atoms with Gasteiger partial charge in [0.25, 0.3) is 0 Å². The summed E-state index contributed by atoms with van der Waals surface area (Å²) in [6.45, 7) is 2.06. The molecule has 8 heavy (non-hydrogen) atoms. The maximum absolute atomic E-state index is 9.60. The molecule has 0 fully saturated rings. The molecule has 0 aromatic rings. The molecule has 4 heteroatoms. The number of amides is 1. The predicted octanol–water partition coefficient (Wildman–Crippen LogP) is -0.323. The van der Waals surface area contributed by atoms with E-state index >= 15 is 0 Å². The van der Waals surface area contributed by atoms with E-state index in [-0.39, 0.29) is 0 Å². The molecule has 0 saturated carbocycles. The third-order valence-corrected chi connectivity index (χ3v) is 0.287. The van der Waals surface area contributed by atoms with Crippen LogP contribution < -0.4 is 11.5 Å². The van der Waals surface area contributed by atoms with E-state index in [1.54, 1.807) is 6.92 Å². The molecule has 0 aliphatic rings. The summed E-state index contributed by atoms with van der Waals surface area (Å²) in [6, 6.07) is 0. The summed E-state index contributed by atoms with van der Waals surface area (Å²) in [4.78, 5) is 9.60. The quantitative estimate of drug-likeness (QED) is 0.497. The van der Waals surface area contributed by atoms with Crippen molar-refractivity contribution in [1.82, 2.24) is 0 Å². The van der Waals surface area contributed by atoms with Crippen LogP contribution in [0.3, 0.4) is 0 Å². The summed E-state index contributed by atoms with van der Waals surface area (Å²) < 4.78 is 4.18. The normalized spacial score (nSPS) is 6.38. The van der Waals surface area contributed by atoms with Crippen LogP contribution in [0.4, 0.5) is 4.79 Å². The molecular weight excluding hydrogens is 108 g/mol. The molecule has 0 aliphatic heterocycles. The minimum atomic E-state index is -0.711. The largest absolute Gasteiger partial charge is 0.450 e. The summed E-state index contributed by atoms with van der Waals surface area (Å²) in [5.41, 5.74) is 9.04. The number of rotatable bonds is 1. The van der Waals surface area contributed by atoms with Gasteiger partial charge in [-0.1, -0.05) is 0 Å². The molecule has 50 valence electrons. The fraction of sp³-hybridized carbons (Fsp3) is 0.750. The Labute approximate surface area is 48.8 Å². The molecule has 0 aliphatic carbocycles. The van der Waals surface area contributed by atoms with Crippen LogP contribution in [0, 0.1) is 0 Å². The van der Waals surface area contributed by atoms with Crippen LogP contribution in [0.1, 0.15) is 6.92 Å². The Morgan fingerprint density at radius 2 is 2.00 bits per heavy atom. The molecule has 0 aromatic heterocycles. The Balaban J connectivity index is 0. The molecule has 0 aromatic carbocycles. The van der Waals surface area contributed by atoms with E-state index in [2.05, 4.69) is 16.2 Å². The predicted molar refractivity (Wildman–Crippen MR) is 31.3 cm³/mol. The van der Waals surface area contributed by atoms with E-state index in [0.29, 0.717) is 6.61 Å². The molecular formula is C4H12N2O2. The van der Waals surface area contributed by atoms with E-state index in [0.717, 1.165) is 0 Å². The molecule has 4 nitrogen and oxygen atoms in total. The summed E-state index contributed by atoms with van der Waals surface area (Å²) in [6.07, 6.45) is -0.711. The number of carbonyl (C=O) groups is 1. The first-order chi connectivity index (χ1) is 3.77. The van der Waals surface area contributed by atoms with Crippen LogP contribution in [0.25, 0.3) is 0 Å². The lowest BCUT2D eigenvalue weighted by Gasteiger charge is -1.89. The van der Waals surface area contributed by atoms with Crippen LogP contribution in [-0.4, -0.2) is 19.7 Å². The van der Waals surface area contributed by atoms with Gasteiger partial charge in [0.1, 0.15) is 0 Å². The number of hydrogen-bond acceptors (Lipinski definition) is 3. The van der Waals surface area contributed by atoms with Gasteiger partial charge in [0, 0.05) is 0 Å². The molecule has 0 atom stereocenters. The zero-order chi connectivity index (χ0) is 6.99. The number of carbonyl (C=O) groups excluding carboxylic acids is 1. The summed E-state index contributed by atoms with van der Waals surface area (Å²) in [5.74, 6) is 0. The first-order valence-corrected chi connectivity index (χ1v) is 2.27. The molecule has 0 saturated heterocycles. The zero-order valence-corrected chi connectivity index (χ0v) is 5.18. The van der Waals surface area contributed by atoms with Gasteiger partial charge >= 0.3 is 6.09 Å². The minimum Gasteiger partial charge on any atom is -0.450 e. The van der Waals surface area contributed by atoms with Gasteiger partial charge in [0.2, 0.25) is 0 Å². The Kier molecular flexibility index (Phi) is 12.2. The van der Waals surface area contributed by atoms with E-state index in [4.69, 9.17) is 0 Å². The van der Waals surface area contributed by atoms with Crippen molar-refractivity contribution in [1.29, 1.82) is 0 Å². The van der Waals surface area contributed by atoms with Crippen LogP contribution in [0.15, 0.2) is 0 Å². The standard InChI is InChI=1S/C3H7NO2.CH5N/c1-2-6-3(4)5;1-2/h2H2,1H3,(H2,4,5);2H2,1H3. The molecule has 4 N–H and O–H groups in total. The van der Waals surface area contributed by atoms with Gasteiger partial charge in [0.05, 0.1) is 6.61 Å². The molecule has 0 radical (unpaired) electrons. The second kappa shape index (κ2) is 9.52. The van der Waals surface area contributed by atoms with Gasteiger partial charge < -0.3 is 16.2 Å². The smallest absolute Gasteiger partial charge is 0.404 e. The molecule has 0 bridgehead atoms. The highest BCUT2D eigenvalue weighted by atomic mass is 16.5. The molecule has 0 unspecified atom stereocenters. The second-order valence-corrected chi connectivity index (χ2v) is 0.752. The number of ether oxygens (including phenoxy) is 1. The van der Waals surface area contributed by atoms with Crippen LogP contribution in [0.2, 0.25) is 0 Å². The topological polar surface area (TPSA) is 78.3 Å². The van der Waals surface area contributed by atoms with E-state index in [9.17, 15) is 4.79 Å². The van der Waals surface area contributed by atoms with Crippen molar-refractivity contribution in [2.24, 2.45) is 11.5 Å². The van der Waals surface area contributed by atoms with Crippen molar-refractivity contribution >= 4 is 6.09 Å². The van der Waals surface area contributed by atoms with Gasteiger partial charge in [0.15, 0.2) is 0 Å². The van der Waals surface area contributed by atoms with Crippen molar-refractivity contribution in [3.63, 3.8) is 0 Å². The molecule has 0 rings (SSSR count). The fourth-order valence-corrected chi connectivity index (χ4v) is 0.142. The lowest BCUT2D eigenvalue weighted by molar-refractivity contribution is 0.163. The fourth-order valence-electron chi connectivity index (χ4n) is 0.142. The van der Waals surface area contributed by atoms with E-state index in [1.165, 1.54) is 7.05 Å². The van der Waals surface area contributed by atoms with Crippen molar-refractivity contribution < 1.29 is 9.53 Å². The lowest BCUT2D eigenvalue weighted by Crippen LogP contribution is -2.11. The van der Waals surface area contributed by atoms with Gasteiger partial charge in [-0.15, -0.1) is 0 Å². The Bertz CT molecular complexity index is 56.0. The second-order valence-electron chi connectivity index (χ2n) is 0.752. The Hall–Kier alpha value is -0.770. The average molecular weight is 120 g/mol. The monoisotopic (exact) mass is 120 g/mol. The number of primary amides is 1. The summed E-state index contributed by atoms with van der Waals surface area (Å²) in [5, 5.41) is 0. The Morgan fingerprint density at radius 3 is 2.00 bits per heavy atom. The van der Waals surface area contributed by atoms with Gasteiger partial charge in [-0.2, -0.15) is 0 Å². The van der Waals surface area contributed by atoms with Crippen LogP contribution in [0.5, 0.6) is 0 Å². The molecule has 0 spiro atoms. The van der Waals surface area contributed by atoms with Crippen molar-refractivity contribution in [2.45, 2.75) is 6.92 Å². The summed E-state index contributed by atoms with van der Waals surface area (Å²) in [7, 11) is 1.50. The van der Waals surface area contributed by atoms with Crippen LogP contribution >= 0.6 is 0 Å². The highest BCUT2D eigenvalue weighted by Gasteiger charge is 1.82. The van der Waals surface area contributed by atoms with E-state index in [1.807, 2.05) is 0 Å². The van der Waals surface area contributed by atoms with Gasteiger partial charge in [-0.25, -0.2) is 4.79 Å². The van der Waals surface area contributed by atoms with Crippen LogP contribution in [-0.2, 0) is 4.74 Å². The zero-order valence-electron chi connectivity index (χ0n) is 5.18. The van der Waals surface area contributed by atoms with E-state index < -0.39 is 6.09 Å². The van der Waals surface area contributed by atoms with Crippen molar-refractivity contribution in [2.75, 3.05) is 13.7 Å². The number of nitrogens with two attached hydrogens (primary N) is 2. The summed E-state index contributed by atoms with van der Waals surface area (Å²) >= 11 is 0.